The van der Waals surface area contributed by atoms with E-state index in [0.29, 0.717) is 42.8 Å². The molecule has 2 N–H and O–H groups in total. The number of anilines is 1. The van der Waals surface area contributed by atoms with Gasteiger partial charge in [0.25, 0.3) is 5.56 Å². The highest BCUT2D eigenvalue weighted by atomic mass is 35.5. The molecule has 208 valence electrons. The highest BCUT2D eigenvalue weighted by Gasteiger charge is 2.38. The third kappa shape index (κ3) is 6.49. The van der Waals surface area contributed by atoms with Crippen molar-refractivity contribution in [3.05, 3.63) is 74.5 Å². The van der Waals surface area contributed by atoms with Crippen molar-refractivity contribution in [3.8, 4) is 11.4 Å². The van der Waals surface area contributed by atoms with Gasteiger partial charge >= 0.3 is 12.4 Å². The number of pyridine rings is 1. The number of rotatable bonds is 5. The van der Waals surface area contributed by atoms with Gasteiger partial charge in [-0.05, 0) is 31.0 Å². The SMILES string of the molecule is O=C(NCc1ccc(C(F)(F)F)c(-c2nc(C(F)(F)F)cc(=O)[nH]2)c1F)C1CCN(c2ccc(Cl)cn2)CC1. The highest BCUT2D eigenvalue weighted by molar-refractivity contribution is 6.30. The first-order valence-electron chi connectivity index (χ1n) is 11.5. The van der Waals surface area contributed by atoms with Gasteiger partial charge in [0.05, 0.1) is 16.1 Å². The van der Waals surface area contributed by atoms with Gasteiger partial charge in [-0.3, -0.25) is 9.59 Å². The maximum absolute atomic E-state index is 15.4. The van der Waals surface area contributed by atoms with Gasteiger partial charge in [0.1, 0.15) is 17.5 Å². The van der Waals surface area contributed by atoms with Crippen LogP contribution in [0.25, 0.3) is 11.4 Å². The van der Waals surface area contributed by atoms with Crippen LogP contribution in [0, 0.1) is 11.7 Å². The Morgan fingerprint density at radius 1 is 1.08 bits per heavy atom. The van der Waals surface area contributed by atoms with E-state index in [1.165, 1.54) is 6.20 Å². The van der Waals surface area contributed by atoms with E-state index in [4.69, 9.17) is 11.6 Å². The van der Waals surface area contributed by atoms with Gasteiger partial charge < -0.3 is 15.2 Å². The second-order valence-corrected chi connectivity index (χ2v) is 9.19. The number of carbonyl (C=O) groups is 1. The zero-order valence-electron chi connectivity index (χ0n) is 19.8. The van der Waals surface area contributed by atoms with E-state index in [2.05, 4.69) is 15.3 Å². The summed E-state index contributed by atoms with van der Waals surface area (Å²) in [5.74, 6) is -3.07. The van der Waals surface area contributed by atoms with Crippen molar-refractivity contribution in [2.45, 2.75) is 31.7 Å². The largest absolute Gasteiger partial charge is 0.433 e. The number of halogens is 8. The molecule has 1 fully saturated rings. The minimum Gasteiger partial charge on any atom is -0.357 e. The number of hydrogen-bond acceptors (Lipinski definition) is 5. The van der Waals surface area contributed by atoms with Crippen LogP contribution in [0.1, 0.15) is 29.7 Å². The van der Waals surface area contributed by atoms with Crippen molar-refractivity contribution in [3.63, 3.8) is 0 Å². The Kier molecular flexibility index (Phi) is 7.87. The van der Waals surface area contributed by atoms with E-state index < -0.39 is 70.3 Å². The van der Waals surface area contributed by atoms with Crippen LogP contribution in [0.3, 0.4) is 0 Å². The Morgan fingerprint density at radius 2 is 1.77 bits per heavy atom. The predicted octanol–water partition coefficient (Wildman–Crippen LogP) is 5.19. The van der Waals surface area contributed by atoms with E-state index in [9.17, 15) is 35.9 Å². The average molecular weight is 578 g/mol. The summed E-state index contributed by atoms with van der Waals surface area (Å²) < 4.78 is 95.5. The smallest absolute Gasteiger partial charge is 0.357 e. The third-order valence-corrected chi connectivity index (χ3v) is 6.37. The Bertz CT molecular complexity index is 1420. The summed E-state index contributed by atoms with van der Waals surface area (Å²) in [6.07, 6.45) is -8.01. The molecule has 39 heavy (non-hydrogen) atoms. The number of alkyl halides is 6. The topological polar surface area (TPSA) is 91.0 Å². The molecule has 4 rings (SSSR count). The zero-order chi connectivity index (χ0) is 28.5. The predicted molar refractivity (Wildman–Crippen MR) is 126 cm³/mol. The maximum Gasteiger partial charge on any atom is 0.433 e. The molecule has 0 unspecified atom stereocenters. The molecule has 0 spiro atoms. The fourth-order valence-electron chi connectivity index (χ4n) is 4.20. The summed E-state index contributed by atoms with van der Waals surface area (Å²) in [5, 5.41) is 2.95. The summed E-state index contributed by atoms with van der Waals surface area (Å²) >= 11 is 5.84. The molecule has 0 atom stereocenters. The molecule has 3 aromatic rings. The lowest BCUT2D eigenvalue weighted by atomic mass is 9.95. The van der Waals surface area contributed by atoms with Crippen LogP contribution in [0.2, 0.25) is 5.02 Å². The third-order valence-electron chi connectivity index (χ3n) is 6.15. The summed E-state index contributed by atoms with van der Waals surface area (Å²) in [6, 6.07) is 4.69. The fraction of sp³-hybridized carbons (Fsp3) is 0.333. The number of carbonyl (C=O) groups excluding carboxylic acids is 1. The molecule has 0 saturated carbocycles. The van der Waals surface area contributed by atoms with Crippen LogP contribution in [0.4, 0.5) is 36.6 Å². The van der Waals surface area contributed by atoms with E-state index in [-0.39, 0.29) is 6.07 Å². The lowest BCUT2D eigenvalue weighted by molar-refractivity contribution is -0.141. The Morgan fingerprint density at radius 3 is 2.36 bits per heavy atom. The normalized spacial score (nSPS) is 14.9. The van der Waals surface area contributed by atoms with Gasteiger partial charge in [0, 0.05) is 43.4 Å². The van der Waals surface area contributed by atoms with Crippen molar-refractivity contribution >= 4 is 23.3 Å². The molecule has 2 aromatic heterocycles. The minimum atomic E-state index is -5.18. The van der Waals surface area contributed by atoms with Crippen LogP contribution in [0.15, 0.2) is 41.3 Å². The van der Waals surface area contributed by atoms with Crippen LogP contribution in [-0.4, -0.2) is 33.9 Å². The van der Waals surface area contributed by atoms with E-state index in [1.807, 2.05) is 4.90 Å². The molecule has 1 saturated heterocycles. The second-order valence-electron chi connectivity index (χ2n) is 8.75. The summed E-state index contributed by atoms with van der Waals surface area (Å²) in [6.45, 7) is 0.429. The van der Waals surface area contributed by atoms with Crippen molar-refractivity contribution in [2.24, 2.45) is 5.92 Å². The molecule has 3 heterocycles. The Labute approximate surface area is 221 Å². The molecule has 1 aromatic carbocycles. The van der Waals surface area contributed by atoms with Gasteiger partial charge in [0.15, 0.2) is 5.69 Å². The number of amides is 1. The number of aromatic amines is 1. The van der Waals surface area contributed by atoms with Gasteiger partial charge in [-0.2, -0.15) is 26.3 Å². The molecule has 1 aliphatic rings. The van der Waals surface area contributed by atoms with Gasteiger partial charge in [-0.15, -0.1) is 0 Å². The number of H-pyrrole nitrogens is 1. The quantitative estimate of drug-likeness (QED) is 0.407. The highest BCUT2D eigenvalue weighted by Crippen LogP contribution is 2.39. The van der Waals surface area contributed by atoms with E-state index in [0.717, 1.165) is 6.07 Å². The van der Waals surface area contributed by atoms with E-state index >= 15 is 4.39 Å². The van der Waals surface area contributed by atoms with Crippen LogP contribution in [-0.2, 0) is 23.7 Å². The number of benzene rings is 1. The van der Waals surface area contributed by atoms with Crippen molar-refractivity contribution in [2.75, 3.05) is 18.0 Å². The zero-order valence-corrected chi connectivity index (χ0v) is 20.5. The summed E-state index contributed by atoms with van der Waals surface area (Å²) in [4.78, 5) is 35.4. The summed E-state index contributed by atoms with van der Waals surface area (Å²) in [7, 11) is 0. The molecule has 15 heteroatoms. The minimum absolute atomic E-state index is 0.0487. The lowest BCUT2D eigenvalue weighted by Gasteiger charge is -2.32. The van der Waals surface area contributed by atoms with Crippen LogP contribution in [0.5, 0.6) is 0 Å². The van der Waals surface area contributed by atoms with Crippen molar-refractivity contribution < 1.29 is 35.5 Å². The van der Waals surface area contributed by atoms with Crippen LogP contribution < -0.4 is 15.8 Å². The first-order chi connectivity index (χ1) is 18.2. The maximum atomic E-state index is 15.4. The van der Waals surface area contributed by atoms with Crippen molar-refractivity contribution in [1.29, 1.82) is 0 Å². The molecule has 1 amide bonds. The summed E-state index contributed by atoms with van der Waals surface area (Å²) in [5.41, 5.74) is -6.64. The first kappa shape index (κ1) is 28.3. The molecule has 1 aliphatic heterocycles. The molecule has 7 nitrogen and oxygen atoms in total. The van der Waals surface area contributed by atoms with Gasteiger partial charge in [-0.25, -0.2) is 14.4 Å². The standard InChI is InChI=1S/C24H19ClF7N5O2/c25-14-2-4-17(33-11-14)37-7-5-12(6-8-37)22(39)34-10-13-1-3-15(23(27,28)29)19(20(13)26)21-35-16(24(30,31)32)9-18(38)36-21/h1-4,9,11-12H,5-8,10H2,(H,34,39)(H,35,36,38). The number of hydrogen-bond donors (Lipinski definition) is 2. The Balaban J connectivity index is 1.53. The first-order valence-corrected chi connectivity index (χ1v) is 11.8. The fourth-order valence-corrected chi connectivity index (χ4v) is 4.31. The monoisotopic (exact) mass is 577 g/mol. The van der Waals surface area contributed by atoms with Crippen molar-refractivity contribution in [1.82, 2.24) is 20.3 Å². The number of nitrogens with zero attached hydrogens (tertiary/aromatic N) is 3. The lowest BCUT2D eigenvalue weighted by Crippen LogP contribution is -2.40. The number of aromatic nitrogens is 3. The van der Waals surface area contributed by atoms with E-state index in [1.54, 1.807) is 17.1 Å². The molecule has 0 radical (unpaired) electrons. The number of piperidine rings is 1. The Hall–Kier alpha value is -3.68. The van der Waals surface area contributed by atoms with Gasteiger partial charge in [-0.1, -0.05) is 17.7 Å². The molecule has 0 bridgehead atoms. The second kappa shape index (κ2) is 10.8. The van der Waals surface area contributed by atoms with Gasteiger partial charge in [0.2, 0.25) is 5.91 Å². The average Bonchev–Trinajstić information content (AvgIpc) is 2.86. The molecular formula is C24H19ClF7N5O2. The molecular weight excluding hydrogens is 559 g/mol. The van der Waals surface area contributed by atoms with Crippen LogP contribution >= 0.6 is 11.6 Å². The number of nitrogens with one attached hydrogen (secondary N) is 2. The molecule has 0 aliphatic carbocycles.